The van der Waals surface area contributed by atoms with E-state index in [1.807, 2.05) is 0 Å². The molecule has 3 aromatic rings. The number of fused-ring (bicyclic) bond motifs is 1. The molecule has 0 N–H and O–H groups in total. The first kappa shape index (κ1) is 18.9. The molecule has 1 aliphatic rings. The fourth-order valence-corrected chi connectivity index (χ4v) is 3.14. The Bertz CT molecular complexity index is 1120. The molecule has 0 aliphatic carbocycles. The van der Waals surface area contributed by atoms with Gasteiger partial charge in [-0.25, -0.2) is 18.8 Å². The number of anilines is 1. The third-order valence-corrected chi connectivity index (χ3v) is 4.27. The van der Waals surface area contributed by atoms with Gasteiger partial charge in [-0.05, 0) is 49.4 Å². The van der Waals surface area contributed by atoms with Crippen LogP contribution >= 0.6 is 0 Å². The highest BCUT2D eigenvalue weighted by Crippen LogP contribution is 2.33. The molecular weight excluding hydrogens is 395 g/mol. The molecule has 1 aromatic heterocycles. The second kappa shape index (κ2) is 6.87. The molecule has 5 nitrogen and oxygen atoms in total. The van der Waals surface area contributed by atoms with Crippen LogP contribution in [0.4, 0.5) is 27.6 Å². The zero-order valence-corrected chi connectivity index (χ0v) is 14.9. The summed E-state index contributed by atoms with van der Waals surface area (Å²) < 4.78 is 70.3. The molecule has 0 spiro atoms. The third kappa shape index (κ3) is 3.78. The van der Waals surface area contributed by atoms with Gasteiger partial charge in [0.15, 0.2) is 5.83 Å². The largest absolute Gasteiger partial charge is 0.573 e. The Morgan fingerprint density at radius 3 is 2.45 bits per heavy atom. The fourth-order valence-electron chi connectivity index (χ4n) is 3.14. The van der Waals surface area contributed by atoms with Crippen molar-refractivity contribution in [3.63, 3.8) is 0 Å². The first-order valence-electron chi connectivity index (χ1n) is 8.40. The van der Waals surface area contributed by atoms with Crippen molar-refractivity contribution in [2.75, 3.05) is 4.90 Å². The number of aliphatic imine (C=N–C) groups is 1. The summed E-state index contributed by atoms with van der Waals surface area (Å²) in [4.78, 5) is 9.96. The van der Waals surface area contributed by atoms with Crippen LogP contribution in [0.1, 0.15) is 12.1 Å². The number of alkyl halides is 3. The molecule has 2 aromatic carbocycles. The molecule has 0 amide bonds. The topological polar surface area (TPSA) is 42.7 Å². The molecule has 0 saturated heterocycles. The van der Waals surface area contributed by atoms with Crippen molar-refractivity contribution in [2.45, 2.75) is 19.6 Å². The molecule has 0 fully saturated rings. The number of halogens is 5. The summed E-state index contributed by atoms with van der Waals surface area (Å²) in [5.74, 6) is -1.02. The number of aryl methyl sites for hydroxylation is 1. The van der Waals surface area contributed by atoms with Crippen molar-refractivity contribution < 1.29 is 26.7 Å². The van der Waals surface area contributed by atoms with E-state index >= 15 is 0 Å². The summed E-state index contributed by atoms with van der Waals surface area (Å²) in [6.45, 7) is 1.69. The summed E-state index contributed by atoms with van der Waals surface area (Å²) in [6.07, 6.45) is -3.49. The quantitative estimate of drug-likeness (QED) is 0.557. The van der Waals surface area contributed by atoms with Crippen LogP contribution in [0.5, 0.6) is 5.75 Å². The number of imidazole rings is 1. The lowest BCUT2D eigenvalue weighted by Gasteiger charge is -2.31. The van der Waals surface area contributed by atoms with Gasteiger partial charge in [0.1, 0.15) is 17.4 Å². The number of hydrogen-bond acceptors (Lipinski definition) is 4. The summed E-state index contributed by atoms with van der Waals surface area (Å²) in [7, 11) is 0. The number of rotatable bonds is 3. The first-order chi connectivity index (χ1) is 13.7. The van der Waals surface area contributed by atoms with Gasteiger partial charge in [-0.2, -0.15) is 0 Å². The van der Waals surface area contributed by atoms with Crippen LogP contribution in [-0.2, 0) is 0 Å². The summed E-state index contributed by atoms with van der Waals surface area (Å²) >= 11 is 0. The van der Waals surface area contributed by atoms with Gasteiger partial charge >= 0.3 is 6.36 Å². The molecular formula is C19H13F5N4O. The van der Waals surface area contributed by atoms with Crippen molar-refractivity contribution in [1.82, 2.24) is 9.55 Å². The minimum Gasteiger partial charge on any atom is -0.406 e. The Morgan fingerprint density at radius 1 is 1.03 bits per heavy atom. The number of aromatic nitrogens is 2. The number of ether oxygens (including phenoxy) is 1. The molecule has 1 aliphatic heterocycles. The smallest absolute Gasteiger partial charge is 0.406 e. The highest BCUT2D eigenvalue weighted by atomic mass is 19.4. The number of nitrogens with zero attached hydrogens (tertiary/aromatic N) is 4. The zero-order chi connectivity index (χ0) is 20.8. The van der Waals surface area contributed by atoms with E-state index in [9.17, 15) is 22.0 Å². The molecule has 1 unspecified atom stereocenters. The molecule has 0 radical (unpaired) electrons. The maximum absolute atomic E-state index is 13.9. The predicted octanol–water partition coefficient (Wildman–Crippen LogP) is 5.24. The predicted molar refractivity (Wildman–Crippen MR) is 96.8 cm³/mol. The van der Waals surface area contributed by atoms with Crippen molar-refractivity contribution in [3.8, 4) is 5.75 Å². The number of hydrogen-bond donors (Lipinski definition) is 0. The fraction of sp³-hybridized carbons (Fsp3) is 0.158. The SMILES string of the molecule is Cc1nc2ccc(F)cc2n1C1N=CC(F)=CN1c1ccc(OC(F)(F)F)cc1. The van der Waals surface area contributed by atoms with Crippen molar-refractivity contribution in [3.05, 3.63) is 66.1 Å². The molecule has 150 valence electrons. The van der Waals surface area contributed by atoms with Crippen LogP contribution in [0, 0.1) is 12.7 Å². The lowest BCUT2D eigenvalue weighted by molar-refractivity contribution is -0.274. The number of allylic oxidation sites excluding steroid dienone is 1. The summed E-state index contributed by atoms with van der Waals surface area (Å²) in [5.41, 5.74) is 1.33. The van der Waals surface area contributed by atoms with Crippen LogP contribution in [0.2, 0.25) is 0 Å². The Morgan fingerprint density at radius 2 is 1.76 bits per heavy atom. The third-order valence-electron chi connectivity index (χ3n) is 4.27. The Labute approximate surface area is 161 Å². The van der Waals surface area contributed by atoms with E-state index in [4.69, 9.17) is 0 Å². The molecule has 0 saturated carbocycles. The van der Waals surface area contributed by atoms with Gasteiger partial charge in [0.25, 0.3) is 0 Å². The second-order valence-electron chi connectivity index (χ2n) is 6.25. The second-order valence-corrected chi connectivity index (χ2v) is 6.25. The summed E-state index contributed by atoms with van der Waals surface area (Å²) in [6, 6.07) is 9.00. The molecule has 2 heterocycles. The van der Waals surface area contributed by atoms with Gasteiger partial charge in [-0.15, -0.1) is 13.2 Å². The van der Waals surface area contributed by atoms with Crippen LogP contribution in [-0.4, -0.2) is 22.1 Å². The highest BCUT2D eigenvalue weighted by molar-refractivity contribution is 5.80. The van der Waals surface area contributed by atoms with E-state index in [0.717, 1.165) is 24.5 Å². The monoisotopic (exact) mass is 408 g/mol. The van der Waals surface area contributed by atoms with E-state index in [2.05, 4.69) is 14.7 Å². The van der Waals surface area contributed by atoms with Gasteiger partial charge in [0, 0.05) is 11.9 Å². The molecule has 0 bridgehead atoms. The Kier molecular flexibility index (Phi) is 4.48. The van der Waals surface area contributed by atoms with E-state index in [-0.39, 0.29) is 0 Å². The Balaban J connectivity index is 1.75. The van der Waals surface area contributed by atoms with Crippen LogP contribution in [0.15, 0.2) is 59.5 Å². The minimum atomic E-state index is -4.82. The average molecular weight is 408 g/mol. The molecule has 10 heteroatoms. The van der Waals surface area contributed by atoms with E-state index in [1.54, 1.807) is 11.5 Å². The lowest BCUT2D eigenvalue weighted by Crippen LogP contribution is -2.30. The van der Waals surface area contributed by atoms with E-state index < -0.39 is 30.0 Å². The number of benzene rings is 2. The van der Waals surface area contributed by atoms with Gasteiger partial charge < -0.3 is 9.64 Å². The standard InChI is InChI=1S/C19H13F5N4O/c1-11-26-16-7-2-12(20)8-17(16)28(11)18-25-9-13(21)10-27(18)14-3-5-15(6-4-14)29-19(22,23)24/h2-10,18H,1H3. The van der Waals surface area contributed by atoms with Crippen molar-refractivity contribution in [1.29, 1.82) is 0 Å². The normalized spacial score (nSPS) is 17.0. The van der Waals surface area contributed by atoms with Gasteiger partial charge in [0.2, 0.25) is 6.29 Å². The van der Waals surface area contributed by atoms with Crippen LogP contribution in [0.3, 0.4) is 0 Å². The van der Waals surface area contributed by atoms with Gasteiger partial charge in [-0.3, -0.25) is 4.57 Å². The maximum atomic E-state index is 13.9. The highest BCUT2D eigenvalue weighted by Gasteiger charge is 2.31. The van der Waals surface area contributed by atoms with Gasteiger partial charge in [0.05, 0.1) is 17.2 Å². The van der Waals surface area contributed by atoms with E-state index in [0.29, 0.717) is 22.5 Å². The van der Waals surface area contributed by atoms with Crippen molar-refractivity contribution >= 4 is 22.9 Å². The van der Waals surface area contributed by atoms with E-state index in [1.165, 1.54) is 35.2 Å². The minimum absolute atomic E-state index is 0.356. The lowest BCUT2D eigenvalue weighted by atomic mass is 10.2. The van der Waals surface area contributed by atoms with Gasteiger partial charge in [-0.1, -0.05) is 0 Å². The van der Waals surface area contributed by atoms with Crippen LogP contribution < -0.4 is 9.64 Å². The average Bonchev–Trinajstić information content (AvgIpc) is 2.96. The summed E-state index contributed by atoms with van der Waals surface area (Å²) in [5, 5.41) is 0. The van der Waals surface area contributed by atoms with Crippen LogP contribution in [0.25, 0.3) is 11.0 Å². The molecule has 1 atom stereocenters. The van der Waals surface area contributed by atoms with Crippen molar-refractivity contribution in [2.24, 2.45) is 4.99 Å². The maximum Gasteiger partial charge on any atom is 0.573 e. The molecule has 29 heavy (non-hydrogen) atoms. The first-order valence-corrected chi connectivity index (χ1v) is 8.40. The zero-order valence-electron chi connectivity index (χ0n) is 14.9. The Hall–Kier alpha value is -3.43. The molecule has 4 rings (SSSR count).